The fourth-order valence-electron chi connectivity index (χ4n) is 4.31. The minimum Gasteiger partial charge on any atom is -0.494 e. The highest BCUT2D eigenvalue weighted by atomic mass is 32.1. The highest BCUT2D eigenvalue weighted by Gasteiger charge is 2.15. The third-order valence-corrected chi connectivity index (χ3v) is 6.71. The quantitative estimate of drug-likeness (QED) is 0.255. The number of fused-ring (bicyclic) bond motifs is 1. The summed E-state index contributed by atoms with van der Waals surface area (Å²) in [4.78, 5) is 18.1. The van der Waals surface area contributed by atoms with Crippen LogP contribution in [0, 0.1) is 6.92 Å². The molecule has 0 amide bonds. The van der Waals surface area contributed by atoms with Gasteiger partial charge in [0.2, 0.25) is 0 Å². The van der Waals surface area contributed by atoms with Gasteiger partial charge in [-0.1, -0.05) is 24.3 Å². The molecule has 4 aromatic rings. The molecule has 0 radical (unpaired) electrons. The monoisotopic (exact) mass is 531 g/mol. The van der Waals surface area contributed by atoms with E-state index in [1.165, 1.54) is 0 Å². The normalized spacial score (nSPS) is 10.7. The lowest BCUT2D eigenvalue weighted by atomic mass is 10.1. The van der Waals surface area contributed by atoms with Crippen LogP contribution in [0.4, 0.5) is 5.69 Å². The van der Waals surface area contributed by atoms with Gasteiger partial charge in [0.25, 0.3) is 5.56 Å². The standard InChI is InChI=1S/C30H33N3O4S/c1-5-37-25-12-10-24(11-13-25)31-30(38)33(16-15-21-9-14-26(35-3)27(17-21)36-4)19-23-18-22-8-6-7-20(2)28(22)32-29(23)34/h6-14,17-18H,5,15-16,19H2,1-4H3,(H,31,38)(H,32,34). The minimum atomic E-state index is -0.119. The molecule has 0 saturated heterocycles. The maximum absolute atomic E-state index is 13.0. The maximum Gasteiger partial charge on any atom is 0.253 e. The van der Waals surface area contributed by atoms with E-state index in [1.807, 2.05) is 85.5 Å². The Kier molecular flexibility index (Phi) is 8.86. The van der Waals surface area contributed by atoms with Crippen molar-refractivity contribution in [3.63, 3.8) is 0 Å². The SMILES string of the molecule is CCOc1ccc(NC(=S)N(CCc2ccc(OC)c(OC)c2)Cc2cc3cccc(C)c3[nH]c2=O)cc1. The van der Waals surface area contributed by atoms with E-state index in [4.69, 9.17) is 26.4 Å². The summed E-state index contributed by atoms with van der Waals surface area (Å²) in [6.07, 6.45) is 0.691. The van der Waals surface area contributed by atoms with Crippen molar-refractivity contribution in [1.82, 2.24) is 9.88 Å². The highest BCUT2D eigenvalue weighted by molar-refractivity contribution is 7.80. The van der Waals surface area contributed by atoms with Crippen molar-refractivity contribution in [2.24, 2.45) is 0 Å². The lowest BCUT2D eigenvalue weighted by Gasteiger charge is -2.26. The Morgan fingerprint density at radius 1 is 1.00 bits per heavy atom. The second-order valence-electron chi connectivity index (χ2n) is 8.91. The van der Waals surface area contributed by atoms with Crippen molar-refractivity contribution >= 4 is 33.9 Å². The van der Waals surface area contributed by atoms with Crippen LogP contribution < -0.4 is 25.1 Å². The van der Waals surface area contributed by atoms with E-state index >= 15 is 0 Å². The first kappa shape index (κ1) is 27.0. The molecule has 0 bridgehead atoms. The number of para-hydroxylation sites is 1. The van der Waals surface area contributed by atoms with Crippen LogP contribution in [0.25, 0.3) is 10.9 Å². The highest BCUT2D eigenvalue weighted by Crippen LogP contribution is 2.28. The number of ether oxygens (including phenoxy) is 3. The molecule has 0 atom stereocenters. The number of rotatable bonds is 10. The van der Waals surface area contributed by atoms with Gasteiger partial charge in [-0.25, -0.2) is 0 Å². The molecule has 0 aliphatic carbocycles. The number of aryl methyl sites for hydroxylation is 1. The summed E-state index contributed by atoms with van der Waals surface area (Å²) in [7, 11) is 3.24. The fraction of sp³-hybridized carbons (Fsp3) is 0.267. The first-order valence-corrected chi connectivity index (χ1v) is 12.9. The molecule has 0 spiro atoms. The molecule has 0 aliphatic rings. The van der Waals surface area contributed by atoms with E-state index in [1.54, 1.807) is 14.2 Å². The zero-order chi connectivity index (χ0) is 27.1. The molecule has 0 saturated carbocycles. The van der Waals surface area contributed by atoms with Crippen LogP contribution in [0.3, 0.4) is 0 Å². The van der Waals surface area contributed by atoms with E-state index in [0.29, 0.717) is 48.3 Å². The molecular formula is C30H33N3O4S. The zero-order valence-corrected chi connectivity index (χ0v) is 23.0. The number of hydrogen-bond donors (Lipinski definition) is 2. The number of hydrogen-bond acceptors (Lipinski definition) is 5. The minimum absolute atomic E-state index is 0.119. The van der Waals surface area contributed by atoms with E-state index in [2.05, 4.69) is 10.3 Å². The summed E-state index contributed by atoms with van der Waals surface area (Å²) in [5.41, 5.74) is 4.33. The second-order valence-corrected chi connectivity index (χ2v) is 9.30. The first-order chi connectivity index (χ1) is 18.4. The predicted molar refractivity (Wildman–Crippen MR) is 157 cm³/mol. The van der Waals surface area contributed by atoms with Crippen molar-refractivity contribution in [3.8, 4) is 17.2 Å². The fourth-order valence-corrected chi connectivity index (χ4v) is 4.58. The Hall–Kier alpha value is -4.04. The van der Waals surface area contributed by atoms with Crippen LogP contribution in [0.1, 0.15) is 23.6 Å². The van der Waals surface area contributed by atoms with Gasteiger partial charge >= 0.3 is 0 Å². The summed E-state index contributed by atoms with van der Waals surface area (Å²) in [5.74, 6) is 2.15. The van der Waals surface area contributed by atoms with Crippen LogP contribution in [0.15, 0.2) is 71.5 Å². The van der Waals surface area contributed by atoms with Gasteiger partial charge in [0.15, 0.2) is 16.6 Å². The topological polar surface area (TPSA) is 75.8 Å². The Balaban J connectivity index is 1.59. The molecule has 1 aromatic heterocycles. The number of anilines is 1. The maximum atomic E-state index is 13.0. The molecule has 0 fully saturated rings. The van der Waals surface area contributed by atoms with E-state index in [9.17, 15) is 4.79 Å². The van der Waals surface area contributed by atoms with Crippen molar-refractivity contribution < 1.29 is 14.2 Å². The number of benzene rings is 3. The molecule has 4 rings (SSSR count). The molecule has 1 heterocycles. The van der Waals surface area contributed by atoms with Crippen molar-refractivity contribution in [2.75, 3.05) is 32.7 Å². The van der Waals surface area contributed by atoms with Gasteiger partial charge in [0, 0.05) is 17.8 Å². The van der Waals surface area contributed by atoms with Gasteiger partial charge in [0.05, 0.1) is 32.9 Å². The molecule has 38 heavy (non-hydrogen) atoms. The van der Waals surface area contributed by atoms with Crippen LogP contribution in [0.2, 0.25) is 0 Å². The Morgan fingerprint density at radius 3 is 2.47 bits per heavy atom. The zero-order valence-electron chi connectivity index (χ0n) is 22.2. The smallest absolute Gasteiger partial charge is 0.253 e. The average molecular weight is 532 g/mol. The number of thiocarbonyl (C=S) groups is 1. The van der Waals surface area contributed by atoms with E-state index in [-0.39, 0.29) is 5.56 Å². The van der Waals surface area contributed by atoms with Crippen LogP contribution in [-0.4, -0.2) is 42.4 Å². The number of aromatic nitrogens is 1. The van der Waals surface area contributed by atoms with Gasteiger partial charge in [-0.15, -0.1) is 0 Å². The average Bonchev–Trinajstić information content (AvgIpc) is 2.92. The van der Waals surface area contributed by atoms with Gasteiger partial charge in [-0.05, 0) is 91.5 Å². The number of aromatic amines is 1. The largest absolute Gasteiger partial charge is 0.494 e. The summed E-state index contributed by atoms with van der Waals surface area (Å²) >= 11 is 5.83. The second kappa shape index (κ2) is 12.5. The third-order valence-electron chi connectivity index (χ3n) is 6.35. The number of methoxy groups -OCH3 is 2. The molecule has 198 valence electrons. The molecule has 0 unspecified atom stereocenters. The van der Waals surface area contributed by atoms with Crippen LogP contribution in [-0.2, 0) is 13.0 Å². The number of nitrogens with one attached hydrogen (secondary N) is 2. The summed E-state index contributed by atoms with van der Waals surface area (Å²) in [6.45, 7) is 5.49. The Bertz CT molecular complexity index is 1470. The predicted octanol–water partition coefficient (Wildman–Crippen LogP) is 5.69. The lowest BCUT2D eigenvalue weighted by molar-refractivity contribution is 0.340. The first-order valence-electron chi connectivity index (χ1n) is 12.5. The third kappa shape index (κ3) is 6.44. The summed E-state index contributed by atoms with van der Waals surface area (Å²) in [5, 5.41) is 4.84. The van der Waals surface area contributed by atoms with Crippen molar-refractivity contribution in [3.05, 3.63) is 93.8 Å². The van der Waals surface area contributed by atoms with E-state index in [0.717, 1.165) is 33.5 Å². The van der Waals surface area contributed by atoms with Crippen molar-refractivity contribution in [2.45, 2.75) is 26.8 Å². The van der Waals surface area contributed by atoms with Gasteiger partial charge in [0.1, 0.15) is 5.75 Å². The molecule has 7 nitrogen and oxygen atoms in total. The number of H-pyrrole nitrogens is 1. The summed E-state index contributed by atoms with van der Waals surface area (Å²) in [6, 6.07) is 21.5. The van der Waals surface area contributed by atoms with Gasteiger partial charge in [-0.2, -0.15) is 0 Å². The lowest BCUT2D eigenvalue weighted by Crippen LogP contribution is -2.37. The molecule has 8 heteroatoms. The van der Waals surface area contributed by atoms with Crippen LogP contribution >= 0.6 is 12.2 Å². The van der Waals surface area contributed by atoms with E-state index < -0.39 is 0 Å². The van der Waals surface area contributed by atoms with Gasteiger partial charge < -0.3 is 29.4 Å². The van der Waals surface area contributed by atoms with Crippen LogP contribution in [0.5, 0.6) is 17.2 Å². The molecule has 2 N–H and O–H groups in total. The Labute approximate surface area is 228 Å². The Morgan fingerprint density at radius 2 is 1.76 bits per heavy atom. The number of pyridine rings is 1. The molecular weight excluding hydrogens is 498 g/mol. The summed E-state index contributed by atoms with van der Waals surface area (Å²) < 4.78 is 16.4. The van der Waals surface area contributed by atoms with Gasteiger partial charge in [-0.3, -0.25) is 4.79 Å². The number of nitrogens with zero attached hydrogens (tertiary/aromatic N) is 1. The van der Waals surface area contributed by atoms with Crippen molar-refractivity contribution in [1.29, 1.82) is 0 Å². The molecule has 3 aromatic carbocycles. The molecule has 0 aliphatic heterocycles.